The number of carbonyl (C=O) groups excluding carboxylic acids is 1. The fourth-order valence-electron chi connectivity index (χ4n) is 3.16. The zero-order chi connectivity index (χ0) is 21.2. The average molecular weight is 457 g/mol. The first-order valence-corrected chi connectivity index (χ1v) is 11.4. The SMILES string of the molecule is COc1ccc(NC(=O)c2cc(S(=O)(=O)N3CCC(C)CC3)ccc2Cl)cc1Cl. The van der Waals surface area contributed by atoms with Gasteiger partial charge in [0.2, 0.25) is 10.0 Å². The first-order valence-electron chi connectivity index (χ1n) is 9.17. The quantitative estimate of drug-likeness (QED) is 0.708. The van der Waals surface area contributed by atoms with Crippen LogP contribution in [-0.4, -0.2) is 38.8 Å². The van der Waals surface area contributed by atoms with Crippen LogP contribution in [-0.2, 0) is 10.0 Å². The van der Waals surface area contributed by atoms with Crippen molar-refractivity contribution in [3.63, 3.8) is 0 Å². The first-order chi connectivity index (χ1) is 13.7. The van der Waals surface area contributed by atoms with E-state index in [0.29, 0.717) is 35.5 Å². The van der Waals surface area contributed by atoms with E-state index in [1.165, 1.54) is 29.6 Å². The molecule has 1 fully saturated rings. The van der Waals surface area contributed by atoms with Crippen LogP contribution in [0.3, 0.4) is 0 Å². The van der Waals surface area contributed by atoms with E-state index in [-0.39, 0.29) is 15.5 Å². The van der Waals surface area contributed by atoms with Crippen molar-refractivity contribution in [2.45, 2.75) is 24.7 Å². The van der Waals surface area contributed by atoms with Crippen LogP contribution in [0.15, 0.2) is 41.3 Å². The molecule has 0 spiro atoms. The van der Waals surface area contributed by atoms with Gasteiger partial charge < -0.3 is 10.1 Å². The number of anilines is 1. The minimum atomic E-state index is -3.69. The molecule has 9 heteroatoms. The maximum absolute atomic E-state index is 13.0. The van der Waals surface area contributed by atoms with E-state index < -0.39 is 15.9 Å². The monoisotopic (exact) mass is 456 g/mol. The van der Waals surface area contributed by atoms with Gasteiger partial charge in [-0.15, -0.1) is 0 Å². The van der Waals surface area contributed by atoms with Crippen molar-refractivity contribution in [2.24, 2.45) is 5.92 Å². The van der Waals surface area contributed by atoms with Gasteiger partial charge in [0.15, 0.2) is 0 Å². The number of nitrogens with one attached hydrogen (secondary N) is 1. The van der Waals surface area contributed by atoms with Crippen LogP contribution in [0.2, 0.25) is 10.0 Å². The predicted octanol–water partition coefficient (Wildman–Crippen LogP) is 4.67. The molecule has 3 rings (SSSR count). The molecule has 2 aromatic carbocycles. The third kappa shape index (κ3) is 4.86. The summed E-state index contributed by atoms with van der Waals surface area (Å²) in [5.74, 6) is 0.455. The Hall–Kier alpha value is -1.80. The Labute approximate surface area is 180 Å². The molecule has 1 heterocycles. The molecular formula is C20H22Cl2N2O4S. The smallest absolute Gasteiger partial charge is 0.257 e. The maximum atomic E-state index is 13.0. The second kappa shape index (κ2) is 8.92. The van der Waals surface area contributed by atoms with Crippen molar-refractivity contribution in [2.75, 3.05) is 25.5 Å². The van der Waals surface area contributed by atoms with Crippen LogP contribution in [0, 0.1) is 5.92 Å². The standard InChI is InChI=1S/C20H22Cl2N2O4S/c1-13-7-9-24(10-8-13)29(26,27)15-4-5-17(21)16(12-15)20(25)23-14-3-6-19(28-2)18(22)11-14/h3-6,11-13H,7-10H2,1-2H3,(H,23,25). The molecule has 1 N–H and O–H groups in total. The summed E-state index contributed by atoms with van der Waals surface area (Å²) in [7, 11) is -2.20. The summed E-state index contributed by atoms with van der Waals surface area (Å²) in [5, 5.41) is 3.18. The van der Waals surface area contributed by atoms with E-state index in [0.717, 1.165) is 12.8 Å². The zero-order valence-electron chi connectivity index (χ0n) is 16.1. The number of piperidine rings is 1. The first kappa shape index (κ1) is 21.9. The molecular weight excluding hydrogens is 435 g/mol. The van der Waals surface area contributed by atoms with Gasteiger partial charge in [-0.05, 0) is 55.2 Å². The lowest BCUT2D eigenvalue weighted by Crippen LogP contribution is -2.37. The molecule has 1 aliphatic rings. The van der Waals surface area contributed by atoms with E-state index in [9.17, 15) is 13.2 Å². The molecule has 0 unspecified atom stereocenters. The molecule has 0 radical (unpaired) electrons. The van der Waals surface area contributed by atoms with Crippen molar-refractivity contribution in [3.8, 4) is 5.75 Å². The molecule has 1 aliphatic heterocycles. The van der Waals surface area contributed by atoms with Crippen molar-refractivity contribution in [3.05, 3.63) is 52.0 Å². The number of carbonyl (C=O) groups is 1. The van der Waals surface area contributed by atoms with Crippen molar-refractivity contribution in [1.29, 1.82) is 0 Å². The van der Waals surface area contributed by atoms with E-state index in [1.54, 1.807) is 18.2 Å². The number of amides is 1. The van der Waals surface area contributed by atoms with E-state index in [1.807, 2.05) is 0 Å². The van der Waals surface area contributed by atoms with Crippen LogP contribution >= 0.6 is 23.2 Å². The lowest BCUT2D eigenvalue weighted by atomic mass is 10.0. The largest absolute Gasteiger partial charge is 0.495 e. The third-order valence-electron chi connectivity index (χ3n) is 4.97. The van der Waals surface area contributed by atoms with Crippen LogP contribution in [0.5, 0.6) is 5.75 Å². The van der Waals surface area contributed by atoms with Crippen molar-refractivity contribution >= 4 is 44.8 Å². The number of ether oxygens (including phenoxy) is 1. The van der Waals surface area contributed by atoms with Crippen LogP contribution in [0.1, 0.15) is 30.1 Å². The molecule has 156 valence electrons. The Morgan fingerprint density at radius 1 is 1.10 bits per heavy atom. The highest BCUT2D eigenvalue weighted by Gasteiger charge is 2.29. The molecule has 2 aromatic rings. The van der Waals surface area contributed by atoms with Crippen LogP contribution in [0.4, 0.5) is 5.69 Å². The van der Waals surface area contributed by atoms with Crippen LogP contribution in [0.25, 0.3) is 0 Å². The zero-order valence-corrected chi connectivity index (χ0v) is 18.4. The van der Waals surface area contributed by atoms with Gasteiger partial charge in [-0.3, -0.25) is 4.79 Å². The number of sulfonamides is 1. The van der Waals surface area contributed by atoms with Gasteiger partial charge in [0.25, 0.3) is 5.91 Å². The summed E-state index contributed by atoms with van der Waals surface area (Å²) in [6, 6.07) is 8.97. The number of hydrogen-bond donors (Lipinski definition) is 1. The number of rotatable bonds is 5. The highest BCUT2D eigenvalue weighted by molar-refractivity contribution is 7.89. The molecule has 1 saturated heterocycles. The molecule has 0 aliphatic carbocycles. The predicted molar refractivity (Wildman–Crippen MR) is 115 cm³/mol. The summed E-state index contributed by atoms with van der Waals surface area (Å²) in [6.45, 7) is 3.05. The Morgan fingerprint density at radius 2 is 1.79 bits per heavy atom. The molecule has 1 amide bonds. The number of nitrogens with zero attached hydrogens (tertiary/aromatic N) is 1. The molecule has 0 bridgehead atoms. The lowest BCUT2D eigenvalue weighted by molar-refractivity contribution is 0.102. The normalized spacial score (nSPS) is 15.9. The highest BCUT2D eigenvalue weighted by Crippen LogP contribution is 2.29. The number of methoxy groups -OCH3 is 1. The lowest BCUT2D eigenvalue weighted by Gasteiger charge is -2.29. The molecule has 6 nitrogen and oxygen atoms in total. The van der Waals surface area contributed by atoms with Gasteiger partial charge in [0.1, 0.15) is 5.75 Å². The Kier molecular flexibility index (Phi) is 6.73. The Morgan fingerprint density at radius 3 is 2.41 bits per heavy atom. The van der Waals surface area contributed by atoms with Gasteiger partial charge >= 0.3 is 0 Å². The molecule has 0 aromatic heterocycles. The highest BCUT2D eigenvalue weighted by atomic mass is 35.5. The number of hydrogen-bond acceptors (Lipinski definition) is 4. The minimum absolute atomic E-state index is 0.0503. The minimum Gasteiger partial charge on any atom is -0.495 e. The molecule has 0 atom stereocenters. The average Bonchev–Trinajstić information content (AvgIpc) is 2.68. The Balaban J connectivity index is 1.85. The van der Waals surface area contributed by atoms with Gasteiger partial charge in [-0.25, -0.2) is 8.42 Å². The number of benzene rings is 2. The van der Waals surface area contributed by atoms with E-state index in [4.69, 9.17) is 27.9 Å². The van der Waals surface area contributed by atoms with Crippen LogP contribution < -0.4 is 10.1 Å². The van der Waals surface area contributed by atoms with Gasteiger partial charge in [0, 0.05) is 18.8 Å². The van der Waals surface area contributed by atoms with Gasteiger partial charge in [-0.1, -0.05) is 30.1 Å². The van der Waals surface area contributed by atoms with Crippen molar-refractivity contribution < 1.29 is 17.9 Å². The van der Waals surface area contributed by atoms with E-state index >= 15 is 0 Å². The molecule has 29 heavy (non-hydrogen) atoms. The Bertz CT molecular complexity index is 1020. The summed E-state index contributed by atoms with van der Waals surface area (Å²) in [5.41, 5.74) is 0.514. The fourth-order valence-corrected chi connectivity index (χ4v) is 5.11. The second-order valence-corrected chi connectivity index (χ2v) is 9.78. The topological polar surface area (TPSA) is 75.7 Å². The maximum Gasteiger partial charge on any atom is 0.257 e. The summed E-state index contributed by atoms with van der Waals surface area (Å²) < 4.78 is 32.5. The summed E-state index contributed by atoms with van der Waals surface area (Å²) >= 11 is 12.3. The number of halogens is 2. The van der Waals surface area contributed by atoms with Crippen molar-refractivity contribution in [1.82, 2.24) is 4.31 Å². The summed E-state index contributed by atoms with van der Waals surface area (Å²) in [6.07, 6.45) is 1.64. The fraction of sp³-hybridized carbons (Fsp3) is 0.350. The molecule has 0 saturated carbocycles. The second-order valence-electron chi connectivity index (χ2n) is 7.03. The van der Waals surface area contributed by atoms with Gasteiger partial charge in [0.05, 0.1) is 27.6 Å². The third-order valence-corrected chi connectivity index (χ3v) is 7.49. The van der Waals surface area contributed by atoms with E-state index in [2.05, 4.69) is 12.2 Å². The summed E-state index contributed by atoms with van der Waals surface area (Å²) in [4.78, 5) is 12.8. The van der Waals surface area contributed by atoms with Gasteiger partial charge in [-0.2, -0.15) is 4.31 Å².